The number of aromatic amines is 1. The molecule has 0 bridgehead atoms. The van der Waals surface area contributed by atoms with E-state index < -0.39 is 6.09 Å². The number of nitrogens with zero attached hydrogens (tertiary/aromatic N) is 4. The van der Waals surface area contributed by atoms with Gasteiger partial charge in [0.1, 0.15) is 5.00 Å². The predicted octanol–water partition coefficient (Wildman–Crippen LogP) is 3.64. The van der Waals surface area contributed by atoms with Crippen LogP contribution in [0.1, 0.15) is 30.0 Å². The van der Waals surface area contributed by atoms with Crippen molar-refractivity contribution in [3.63, 3.8) is 0 Å². The van der Waals surface area contributed by atoms with Crippen LogP contribution in [0.25, 0.3) is 10.7 Å². The summed E-state index contributed by atoms with van der Waals surface area (Å²) in [7, 11) is 1.49. The molecular weight excluding hydrogens is 364 g/mol. The Kier molecular flexibility index (Phi) is 4.25. The van der Waals surface area contributed by atoms with Crippen LogP contribution < -0.4 is 10.2 Å². The van der Waals surface area contributed by atoms with Gasteiger partial charge < -0.3 is 10.4 Å². The van der Waals surface area contributed by atoms with Crippen LogP contribution in [0.3, 0.4) is 0 Å². The number of amides is 1. The van der Waals surface area contributed by atoms with Crippen LogP contribution in [-0.4, -0.2) is 38.4 Å². The molecule has 3 aromatic heterocycles. The van der Waals surface area contributed by atoms with Crippen LogP contribution in [0.5, 0.6) is 0 Å². The molecule has 27 heavy (non-hydrogen) atoms. The summed E-state index contributed by atoms with van der Waals surface area (Å²) in [6, 6.07) is 5.47. The minimum Gasteiger partial charge on any atom is -0.465 e. The Hall–Kier alpha value is -3.38. The summed E-state index contributed by atoms with van der Waals surface area (Å²) in [6.07, 6.45) is 8.47. The molecule has 0 aliphatic heterocycles. The first-order valence-corrected chi connectivity index (χ1v) is 9.09. The van der Waals surface area contributed by atoms with E-state index >= 15 is 0 Å². The highest BCUT2D eigenvalue weighted by Crippen LogP contribution is 2.39. The van der Waals surface area contributed by atoms with Gasteiger partial charge in [-0.1, -0.05) is 5.92 Å². The van der Waals surface area contributed by atoms with Crippen molar-refractivity contribution in [3.05, 3.63) is 35.7 Å². The molecule has 1 amide bonds. The number of carbonyl (C=O) groups is 1. The fourth-order valence-electron chi connectivity index (χ4n) is 2.55. The zero-order valence-electron chi connectivity index (χ0n) is 14.4. The number of thiophene rings is 1. The van der Waals surface area contributed by atoms with Gasteiger partial charge in [0.05, 0.1) is 10.4 Å². The molecule has 3 aromatic rings. The maximum atomic E-state index is 11.1. The fourth-order valence-corrected chi connectivity index (χ4v) is 3.45. The SMILES string of the molecule is C#Cc1cnc(-c2ccc(N(C)C(=O)O)s2)nc1Nc1cc(C2CC2)[nH]n1. The summed E-state index contributed by atoms with van der Waals surface area (Å²) in [5.41, 5.74) is 1.63. The Bertz CT molecular complexity index is 1050. The number of hydrogen-bond acceptors (Lipinski definition) is 6. The molecule has 3 heterocycles. The second kappa shape index (κ2) is 6.74. The highest BCUT2D eigenvalue weighted by molar-refractivity contribution is 7.19. The summed E-state index contributed by atoms with van der Waals surface area (Å²) < 4.78 is 0. The van der Waals surface area contributed by atoms with Crippen LogP contribution in [0.2, 0.25) is 0 Å². The summed E-state index contributed by atoms with van der Waals surface area (Å²) >= 11 is 1.29. The lowest BCUT2D eigenvalue weighted by Crippen LogP contribution is -2.22. The molecule has 0 saturated heterocycles. The lowest BCUT2D eigenvalue weighted by Gasteiger charge is -2.09. The van der Waals surface area contributed by atoms with E-state index in [4.69, 9.17) is 11.5 Å². The molecule has 1 saturated carbocycles. The third-order valence-corrected chi connectivity index (χ3v) is 5.39. The van der Waals surface area contributed by atoms with E-state index in [-0.39, 0.29) is 0 Å². The monoisotopic (exact) mass is 380 g/mol. The highest BCUT2D eigenvalue weighted by atomic mass is 32.1. The maximum absolute atomic E-state index is 11.1. The second-order valence-corrected chi connectivity index (χ2v) is 7.25. The predicted molar refractivity (Wildman–Crippen MR) is 104 cm³/mol. The Morgan fingerprint density at radius 1 is 1.48 bits per heavy atom. The first-order valence-electron chi connectivity index (χ1n) is 8.28. The Balaban J connectivity index is 1.62. The lowest BCUT2D eigenvalue weighted by atomic mass is 10.3. The molecule has 1 aliphatic carbocycles. The minimum absolute atomic E-state index is 0.462. The first kappa shape index (κ1) is 17.1. The molecule has 0 atom stereocenters. The summed E-state index contributed by atoms with van der Waals surface area (Å²) in [5.74, 6) is 4.73. The van der Waals surface area contributed by atoms with Crippen molar-refractivity contribution in [1.29, 1.82) is 0 Å². The van der Waals surface area contributed by atoms with Gasteiger partial charge in [0.25, 0.3) is 0 Å². The van der Waals surface area contributed by atoms with E-state index in [0.717, 1.165) is 15.5 Å². The molecule has 1 fully saturated rings. The molecule has 8 nitrogen and oxygen atoms in total. The van der Waals surface area contributed by atoms with Gasteiger partial charge in [-0.2, -0.15) is 5.10 Å². The zero-order valence-corrected chi connectivity index (χ0v) is 15.2. The number of aromatic nitrogens is 4. The summed E-state index contributed by atoms with van der Waals surface area (Å²) in [6.45, 7) is 0. The third kappa shape index (κ3) is 3.47. The number of nitrogens with one attached hydrogen (secondary N) is 2. The van der Waals surface area contributed by atoms with Gasteiger partial charge >= 0.3 is 6.09 Å². The molecule has 0 radical (unpaired) electrons. The highest BCUT2D eigenvalue weighted by Gasteiger charge is 2.25. The van der Waals surface area contributed by atoms with Gasteiger partial charge in [0.15, 0.2) is 17.5 Å². The Morgan fingerprint density at radius 2 is 2.30 bits per heavy atom. The molecule has 0 aromatic carbocycles. The van der Waals surface area contributed by atoms with Crippen molar-refractivity contribution in [1.82, 2.24) is 20.2 Å². The average molecular weight is 380 g/mol. The van der Waals surface area contributed by atoms with Crippen molar-refractivity contribution in [2.24, 2.45) is 0 Å². The standard InChI is InChI=1S/C18H16N6O2S/c1-3-10-9-19-17(13-6-7-15(27-13)24(2)18(25)26)21-16(10)20-14-8-12(22-23-14)11-4-5-11/h1,6-9,11H,4-5H2,2H3,(H,25,26)(H2,19,20,21,22,23). The Labute approximate surface area is 159 Å². The smallest absolute Gasteiger partial charge is 0.412 e. The number of carboxylic acid groups (broad SMARTS) is 1. The number of H-pyrrole nitrogens is 1. The van der Waals surface area contributed by atoms with E-state index in [1.807, 2.05) is 6.07 Å². The number of hydrogen-bond donors (Lipinski definition) is 3. The quantitative estimate of drug-likeness (QED) is 0.583. The van der Waals surface area contributed by atoms with Gasteiger partial charge in [0.2, 0.25) is 0 Å². The van der Waals surface area contributed by atoms with Crippen LogP contribution in [-0.2, 0) is 0 Å². The molecule has 0 spiro atoms. The third-order valence-electron chi connectivity index (χ3n) is 4.24. The normalized spacial score (nSPS) is 13.2. The largest absolute Gasteiger partial charge is 0.465 e. The van der Waals surface area contributed by atoms with Crippen LogP contribution in [0.15, 0.2) is 24.4 Å². The minimum atomic E-state index is -1.03. The van der Waals surface area contributed by atoms with Gasteiger partial charge in [-0.05, 0) is 25.0 Å². The van der Waals surface area contributed by atoms with Crippen LogP contribution >= 0.6 is 11.3 Å². The molecule has 4 rings (SSSR count). The van der Waals surface area contributed by atoms with Gasteiger partial charge in [-0.3, -0.25) is 10.00 Å². The zero-order chi connectivity index (χ0) is 19.0. The first-order chi connectivity index (χ1) is 13.0. The maximum Gasteiger partial charge on any atom is 0.412 e. The van der Waals surface area contributed by atoms with Crippen molar-refractivity contribution >= 4 is 34.1 Å². The number of rotatable bonds is 5. The van der Waals surface area contributed by atoms with Crippen molar-refractivity contribution < 1.29 is 9.90 Å². The van der Waals surface area contributed by atoms with Crippen LogP contribution in [0, 0.1) is 12.3 Å². The fraction of sp³-hybridized carbons (Fsp3) is 0.222. The summed E-state index contributed by atoms with van der Waals surface area (Å²) in [5, 5.41) is 20.1. The van der Waals surface area contributed by atoms with E-state index in [2.05, 4.69) is 31.4 Å². The van der Waals surface area contributed by atoms with Gasteiger partial charge in [0, 0.05) is 30.9 Å². The second-order valence-electron chi connectivity index (χ2n) is 6.19. The molecule has 1 aliphatic rings. The number of terminal acetylenes is 1. The van der Waals surface area contributed by atoms with Crippen molar-refractivity contribution in [2.45, 2.75) is 18.8 Å². The van der Waals surface area contributed by atoms with Gasteiger partial charge in [-0.15, -0.1) is 17.8 Å². The lowest BCUT2D eigenvalue weighted by molar-refractivity contribution is 0.203. The molecular formula is C18H16N6O2S. The van der Waals surface area contributed by atoms with E-state index in [0.29, 0.717) is 33.9 Å². The van der Waals surface area contributed by atoms with Crippen LogP contribution in [0.4, 0.5) is 21.4 Å². The van der Waals surface area contributed by atoms with E-state index in [1.165, 1.54) is 31.2 Å². The molecule has 3 N–H and O–H groups in total. The average Bonchev–Trinajstić information content (AvgIpc) is 3.21. The van der Waals surface area contributed by atoms with E-state index in [1.54, 1.807) is 18.3 Å². The van der Waals surface area contributed by atoms with E-state index in [9.17, 15) is 4.79 Å². The molecule has 136 valence electrons. The number of anilines is 3. The Morgan fingerprint density at radius 3 is 3.00 bits per heavy atom. The van der Waals surface area contributed by atoms with Crippen molar-refractivity contribution in [2.75, 3.05) is 17.3 Å². The topological polar surface area (TPSA) is 107 Å². The summed E-state index contributed by atoms with van der Waals surface area (Å²) in [4.78, 5) is 21.8. The molecule has 0 unspecified atom stereocenters. The van der Waals surface area contributed by atoms with Gasteiger partial charge in [-0.25, -0.2) is 14.8 Å². The molecule has 9 heteroatoms. The van der Waals surface area contributed by atoms with Crippen molar-refractivity contribution in [3.8, 4) is 23.0 Å².